The van der Waals surface area contributed by atoms with E-state index < -0.39 is 0 Å². The van der Waals surface area contributed by atoms with Crippen LogP contribution in [-0.2, 0) is 14.3 Å². The van der Waals surface area contributed by atoms with E-state index in [1.54, 1.807) is 4.90 Å². The molecule has 5 heteroatoms. The van der Waals surface area contributed by atoms with Gasteiger partial charge in [0.15, 0.2) is 0 Å². The Kier molecular flexibility index (Phi) is 3.21. The lowest BCUT2D eigenvalue weighted by Crippen LogP contribution is -2.42. The second-order valence-corrected chi connectivity index (χ2v) is 4.57. The number of amides is 1. The number of nitrogens with zero attached hydrogens (tertiary/aromatic N) is 1. The second-order valence-electron chi connectivity index (χ2n) is 4.57. The summed E-state index contributed by atoms with van der Waals surface area (Å²) in [5.74, 6) is -0.358. The maximum absolute atomic E-state index is 11.5. The summed E-state index contributed by atoms with van der Waals surface area (Å²) in [4.78, 5) is 24.1. The average Bonchev–Trinajstić information content (AvgIpc) is 2.45. The van der Waals surface area contributed by atoms with Crippen molar-refractivity contribution in [3.05, 3.63) is 0 Å². The summed E-state index contributed by atoms with van der Waals surface area (Å²) in [5, 5.41) is 0. The number of hydrogen-bond acceptors (Lipinski definition) is 4. The zero-order chi connectivity index (χ0) is 11.6. The van der Waals surface area contributed by atoms with Crippen LogP contribution in [0, 0.1) is 0 Å². The van der Waals surface area contributed by atoms with Crippen LogP contribution in [0.15, 0.2) is 0 Å². The molecule has 0 aromatic rings. The normalized spacial score (nSPS) is 21.5. The maximum atomic E-state index is 11.5. The summed E-state index contributed by atoms with van der Waals surface area (Å²) in [5.41, 5.74) is -0.276. The van der Waals surface area contributed by atoms with Crippen LogP contribution < -0.4 is 0 Å². The third kappa shape index (κ3) is 2.84. The van der Waals surface area contributed by atoms with Crippen molar-refractivity contribution >= 4 is 12.1 Å². The molecule has 1 aliphatic rings. The predicted octanol–water partition coefficient (Wildman–Crippen LogP) is 1.17. The highest BCUT2D eigenvalue weighted by Crippen LogP contribution is 2.23. The number of ether oxygens (including phenoxy) is 2. The molecular formula is C10H17NO4. The Balaban J connectivity index is 2.56. The molecule has 0 aromatic carbocycles. The summed E-state index contributed by atoms with van der Waals surface area (Å²) < 4.78 is 9.58. The molecule has 1 heterocycles. The van der Waals surface area contributed by atoms with Crippen LogP contribution in [0.5, 0.6) is 0 Å². The smallest absolute Gasteiger partial charge is 0.410 e. The second kappa shape index (κ2) is 4.08. The Morgan fingerprint density at radius 2 is 2.20 bits per heavy atom. The van der Waals surface area contributed by atoms with E-state index in [9.17, 15) is 9.59 Å². The first kappa shape index (κ1) is 11.8. The standard InChI is InChI=1S/C10H17NO4/c1-10(2,3)11-6-7(15-9(11)13)5-8(12)14-4/h7H,5-6H2,1-4H3. The van der Waals surface area contributed by atoms with Crippen LogP contribution in [0.2, 0.25) is 0 Å². The highest BCUT2D eigenvalue weighted by Gasteiger charge is 2.38. The maximum Gasteiger partial charge on any atom is 0.410 e. The van der Waals surface area contributed by atoms with Crippen LogP contribution >= 0.6 is 0 Å². The summed E-state index contributed by atoms with van der Waals surface area (Å²) in [7, 11) is 1.32. The van der Waals surface area contributed by atoms with Crippen LogP contribution in [0.4, 0.5) is 4.79 Å². The van der Waals surface area contributed by atoms with Gasteiger partial charge in [-0.1, -0.05) is 0 Å². The Morgan fingerprint density at radius 3 is 2.60 bits per heavy atom. The number of carbonyl (C=O) groups is 2. The largest absolute Gasteiger partial charge is 0.469 e. The van der Waals surface area contributed by atoms with Gasteiger partial charge in [-0.05, 0) is 20.8 Å². The van der Waals surface area contributed by atoms with Gasteiger partial charge in [-0.25, -0.2) is 4.79 Å². The van der Waals surface area contributed by atoms with E-state index in [1.807, 2.05) is 20.8 Å². The molecular weight excluding hydrogens is 198 g/mol. The zero-order valence-electron chi connectivity index (χ0n) is 9.57. The number of hydrogen-bond donors (Lipinski definition) is 0. The Morgan fingerprint density at radius 1 is 1.60 bits per heavy atom. The van der Waals surface area contributed by atoms with Gasteiger partial charge in [0, 0.05) is 5.54 Å². The van der Waals surface area contributed by atoms with Crippen molar-refractivity contribution in [3.63, 3.8) is 0 Å². The topological polar surface area (TPSA) is 55.8 Å². The number of cyclic esters (lactones) is 1. The first-order chi connectivity index (χ1) is 6.84. The van der Waals surface area contributed by atoms with Gasteiger partial charge in [0.1, 0.15) is 6.10 Å². The molecule has 86 valence electrons. The van der Waals surface area contributed by atoms with Gasteiger partial charge in [-0.2, -0.15) is 0 Å². The Labute approximate surface area is 89.3 Å². The molecule has 1 fully saturated rings. The third-order valence-corrected chi connectivity index (χ3v) is 2.31. The summed E-state index contributed by atoms with van der Waals surface area (Å²) >= 11 is 0. The summed E-state index contributed by atoms with van der Waals surface area (Å²) in [6.07, 6.45) is -0.630. The van der Waals surface area contributed by atoms with Crippen molar-refractivity contribution < 1.29 is 19.1 Å². The van der Waals surface area contributed by atoms with Gasteiger partial charge < -0.3 is 9.47 Å². The molecule has 0 N–H and O–H groups in total. The monoisotopic (exact) mass is 215 g/mol. The van der Waals surface area contributed by atoms with Crippen molar-refractivity contribution in [2.45, 2.75) is 38.8 Å². The van der Waals surface area contributed by atoms with Gasteiger partial charge in [-0.3, -0.25) is 9.69 Å². The number of rotatable bonds is 2. The van der Waals surface area contributed by atoms with Crippen molar-refractivity contribution in [3.8, 4) is 0 Å². The molecule has 0 bridgehead atoms. The van der Waals surface area contributed by atoms with Gasteiger partial charge >= 0.3 is 12.1 Å². The van der Waals surface area contributed by atoms with Crippen LogP contribution in [0.3, 0.4) is 0 Å². The van der Waals surface area contributed by atoms with E-state index in [1.165, 1.54) is 7.11 Å². The molecule has 1 atom stereocenters. The number of methoxy groups -OCH3 is 1. The fourth-order valence-corrected chi connectivity index (χ4v) is 1.44. The fourth-order valence-electron chi connectivity index (χ4n) is 1.44. The van der Waals surface area contributed by atoms with Gasteiger partial charge in [0.05, 0.1) is 20.1 Å². The lowest BCUT2D eigenvalue weighted by Gasteiger charge is -2.29. The number of esters is 1. The highest BCUT2D eigenvalue weighted by atomic mass is 16.6. The van der Waals surface area contributed by atoms with Crippen molar-refractivity contribution in [1.29, 1.82) is 0 Å². The molecule has 5 nitrogen and oxygen atoms in total. The van der Waals surface area contributed by atoms with E-state index in [0.29, 0.717) is 6.54 Å². The Bertz CT molecular complexity index is 269. The van der Waals surface area contributed by atoms with Crippen LogP contribution in [0.25, 0.3) is 0 Å². The molecule has 1 rings (SSSR count). The van der Waals surface area contributed by atoms with Crippen molar-refractivity contribution in [1.82, 2.24) is 4.90 Å². The minimum atomic E-state index is -0.385. The highest BCUT2D eigenvalue weighted by molar-refractivity contribution is 5.74. The van der Waals surface area contributed by atoms with Gasteiger partial charge in [-0.15, -0.1) is 0 Å². The first-order valence-corrected chi connectivity index (χ1v) is 4.89. The molecule has 1 amide bonds. The van der Waals surface area contributed by atoms with E-state index in [0.717, 1.165) is 0 Å². The molecule has 1 unspecified atom stereocenters. The molecule has 1 aliphatic heterocycles. The number of carbonyl (C=O) groups excluding carboxylic acids is 2. The quantitative estimate of drug-likeness (QED) is 0.649. The molecule has 0 spiro atoms. The predicted molar refractivity (Wildman–Crippen MR) is 53.4 cm³/mol. The summed E-state index contributed by atoms with van der Waals surface area (Å²) in [6.45, 7) is 6.22. The van der Waals surface area contributed by atoms with E-state index in [4.69, 9.17) is 4.74 Å². The zero-order valence-corrected chi connectivity index (χ0v) is 9.57. The third-order valence-electron chi connectivity index (χ3n) is 2.31. The lowest BCUT2D eigenvalue weighted by molar-refractivity contribution is -0.142. The minimum Gasteiger partial charge on any atom is -0.469 e. The van der Waals surface area contributed by atoms with Crippen LogP contribution in [-0.4, -0.2) is 42.3 Å². The van der Waals surface area contributed by atoms with Crippen molar-refractivity contribution in [2.24, 2.45) is 0 Å². The van der Waals surface area contributed by atoms with Gasteiger partial charge in [0.25, 0.3) is 0 Å². The molecule has 0 saturated carbocycles. The average molecular weight is 215 g/mol. The Hall–Kier alpha value is -1.26. The first-order valence-electron chi connectivity index (χ1n) is 4.89. The molecule has 1 saturated heterocycles. The fraction of sp³-hybridized carbons (Fsp3) is 0.800. The van der Waals surface area contributed by atoms with E-state index in [2.05, 4.69) is 4.74 Å². The lowest BCUT2D eigenvalue weighted by atomic mass is 10.1. The molecule has 0 aromatic heterocycles. The van der Waals surface area contributed by atoms with E-state index in [-0.39, 0.29) is 30.1 Å². The molecule has 0 radical (unpaired) electrons. The molecule has 0 aliphatic carbocycles. The van der Waals surface area contributed by atoms with Crippen molar-refractivity contribution in [2.75, 3.05) is 13.7 Å². The molecule has 15 heavy (non-hydrogen) atoms. The SMILES string of the molecule is COC(=O)CC1CN(C(C)(C)C)C(=O)O1. The van der Waals surface area contributed by atoms with Gasteiger partial charge in [0.2, 0.25) is 0 Å². The minimum absolute atomic E-state index is 0.120. The van der Waals surface area contributed by atoms with E-state index >= 15 is 0 Å². The van der Waals surface area contributed by atoms with Crippen LogP contribution in [0.1, 0.15) is 27.2 Å². The summed E-state index contributed by atoms with van der Waals surface area (Å²) in [6, 6.07) is 0.